The second kappa shape index (κ2) is 7.82. The molecule has 2 aliphatic heterocycles. The summed E-state index contributed by atoms with van der Waals surface area (Å²) in [5.41, 5.74) is 0. The maximum atomic E-state index is 11.8. The van der Waals surface area contributed by atoms with Gasteiger partial charge in [0.2, 0.25) is 0 Å². The summed E-state index contributed by atoms with van der Waals surface area (Å²) in [6.07, 6.45) is 5.22. The predicted octanol–water partition coefficient (Wildman–Crippen LogP) is 1.56. The minimum atomic E-state index is -0.0890. The normalized spacial score (nSPS) is 28.5. The van der Waals surface area contributed by atoms with Crippen LogP contribution in [0.25, 0.3) is 0 Å². The van der Waals surface area contributed by atoms with Crippen LogP contribution in [-0.4, -0.2) is 56.1 Å². The van der Waals surface area contributed by atoms with Crippen LogP contribution in [0.2, 0.25) is 0 Å². The molecule has 5 heteroatoms. The maximum absolute atomic E-state index is 11.8. The molecule has 2 rings (SSSR count). The number of hydrogen-bond acceptors (Lipinski definition) is 5. The lowest BCUT2D eigenvalue weighted by molar-refractivity contribution is -0.166. The maximum Gasteiger partial charge on any atom is 0.323 e. The highest BCUT2D eigenvalue weighted by Gasteiger charge is 2.31. The van der Waals surface area contributed by atoms with Crippen molar-refractivity contribution in [2.24, 2.45) is 0 Å². The molecule has 5 nitrogen and oxygen atoms in total. The van der Waals surface area contributed by atoms with Gasteiger partial charge in [-0.1, -0.05) is 0 Å². The van der Waals surface area contributed by atoms with E-state index in [9.17, 15) is 4.79 Å². The topological polar surface area (TPSA) is 48.0 Å². The lowest BCUT2D eigenvalue weighted by Gasteiger charge is -2.26. The first-order chi connectivity index (χ1) is 9.31. The molecule has 0 aliphatic carbocycles. The fourth-order valence-corrected chi connectivity index (χ4v) is 2.74. The molecule has 0 radical (unpaired) electrons. The minimum absolute atomic E-state index is 0.0441. The number of nitrogens with zero attached hydrogens (tertiary/aromatic N) is 1. The molecule has 2 saturated heterocycles. The van der Waals surface area contributed by atoms with Gasteiger partial charge in [0, 0.05) is 13.2 Å². The summed E-state index contributed by atoms with van der Waals surface area (Å²) in [7, 11) is 0. The van der Waals surface area contributed by atoms with Gasteiger partial charge < -0.3 is 14.2 Å². The van der Waals surface area contributed by atoms with Crippen LogP contribution in [0, 0.1) is 0 Å². The number of rotatable bonds is 6. The fraction of sp³-hybridized carbons (Fsp3) is 0.929. The molecule has 19 heavy (non-hydrogen) atoms. The summed E-state index contributed by atoms with van der Waals surface area (Å²) in [5, 5.41) is 0. The SMILES string of the molecule is CCOC(=O)C1CCCN1CCOC1CCCCO1. The molecule has 2 unspecified atom stereocenters. The highest BCUT2D eigenvalue weighted by atomic mass is 16.7. The van der Waals surface area contributed by atoms with Gasteiger partial charge in [-0.15, -0.1) is 0 Å². The van der Waals surface area contributed by atoms with E-state index in [2.05, 4.69) is 4.90 Å². The number of hydrogen-bond donors (Lipinski definition) is 0. The molecule has 110 valence electrons. The van der Waals surface area contributed by atoms with Gasteiger partial charge in [0.1, 0.15) is 6.04 Å². The molecule has 2 aliphatic rings. The van der Waals surface area contributed by atoms with Crippen molar-refractivity contribution >= 4 is 5.97 Å². The summed E-state index contributed by atoms with van der Waals surface area (Å²) >= 11 is 0. The molecule has 2 atom stereocenters. The molecule has 0 amide bonds. The lowest BCUT2D eigenvalue weighted by atomic mass is 10.2. The van der Waals surface area contributed by atoms with E-state index >= 15 is 0 Å². The minimum Gasteiger partial charge on any atom is -0.465 e. The van der Waals surface area contributed by atoms with Crippen LogP contribution in [0.4, 0.5) is 0 Å². The third kappa shape index (κ3) is 4.44. The third-order valence-electron chi connectivity index (χ3n) is 3.74. The number of likely N-dealkylation sites (tertiary alicyclic amines) is 1. The van der Waals surface area contributed by atoms with Gasteiger partial charge in [-0.05, 0) is 45.6 Å². The van der Waals surface area contributed by atoms with Crippen molar-refractivity contribution in [3.63, 3.8) is 0 Å². The van der Waals surface area contributed by atoms with Crippen molar-refractivity contribution in [3.05, 3.63) is 0 Å². The number of esters is 1. The van der Waals surface area contributed by atoms with E-state index in [4.69, 9.17) is 14.2 Å². The van der Waals surface area contributed by atoms with Crippen molar-refractivity contribution < 1.29 is 19.0 Å². The standard InChI is InChI=1S/C14H25NO4/c1-2-17-14(16)12-6-5-8-15(12)9-11-19-13-7-3-4-10-18-13/h12-13H,2-11H2,1H3. The Kier molecular flexibility index (Phi) is 6.07. The van der Waals surface area contributed by atoms with E-state index in [-0.39, 0.29) is 18.3 Å². The van der Waals surface area contributed by atoms with E-state index in [1.165, 1.54) is 6.42 Å². The third-order valence-corrected chi connectivity index (χ3v) is 3.74. The highest BCUT2D eigenvalue weighted by Crippen LogP contribution is 2.19. The summed E-state index contributed by atoms with van der Waals surface area (Å²) in [4.78, 5) is 14.0. The molecule has 0 aromatic heterocycles. The van der Waals surface area contributed by atoms with E-state index in [1.807, 2.05) is 6.92 Å². The van der Waals surface area contributed by atoms with Gasteiger partial charge in [-0.3, -0.25) is 9.69 Å². The largest absolute Gasteiger partial charge is 0.465 e. The molecule has 0 bridgehead atoms. The number of carbonyl (C=O) groups excluding carboxylic acids is 1. The van der Waals surface area contributed by atoms with Crippen LogP contribution >= 0.6 is 0 Å². The van der Waals surface area contributed by atoms with Crippen LogP contribution in [0.15, 0.2) is 0 Å². The molecular formula is C14H25NO4. The Hall–Kier alpha value is -0.650. The number of ether oxygens (including phenoxy) is 3. The molecular weight excluding hydrogens is 246 g/mol. The Morgan fingerprint density at radius 3 is 2.95 bits per heavy atom. The molecule has 2 heterocycles. The monoisotopic (exact) mass is 271 g/mol. The molecule has 0 aromatic rings. The van der Waals surface area contributed by atoms with Crippen LogP contribution in [0.5, 0.6) is 0 Å². The average molecular weight is 271 g/mol. The van der Waals surface area contributed by atoms with Gasteiger partial charge in [-0.2, -0.15) is 0 Å². The Bertz CT molecular complexity index is 279. The predicted molar refractivity (Wildman–Crippen MR) is 70.8 cm³/mol. The average Bonchev–Trinajstić information content (AvgIpc) is 2.89. The molecule has 2 fully saturated rings. The quantitative estimate of drug-likeness (QED) is 0.686. The van der Waals surface area contributed by atoms with Crippen molar-refractivity contribution in [2.75, 3.05) is 32.9 Å². The first-order valence-corrected chi connectivity index (χ1v) is 7.45. The van der Waals surface area contributed by atoms with Gasteiger partial charge >= 0.3 is 5.97 Å². The van der Waals surface area contributed by atoms with E-state index in [1.54, 1.807) is 0 Å². The summed E-state index contributed by atoms with van der Waals surface area (Å²) in [6.45, 7) is 5.47. The van der Waals surface area contributed by atoms with Crippen molar-refractivity contribution in [2.45, 2.75) is 51.4 Å². The Labute approximate surface area is 115 Å². The van der Waals surface area contributed by atoms with E-state index < -0.39 is 0 Å². The zero-order valence-electron chi connectivity index (χ0n) is 11.8. The summed E-state index contributed by atoms with van der Waals surface area (Å²) in [6, 6.07) is -0.0733. The van der Waals surface area contributed by atoms with Crippen LogP contribution in [0.3, 0.4) is 0 Å². The first kappa shape index (κ1) is 14.8. The van der Waals surface area contributed by atoms with E-state index in [0.29, 0.717) is 13.2 Å². The smallest absolute Gasteiger partial charge is 0.323 e. The van der Waals surface area contributed by atoms with Crippen LogP contribution < -0.4 is 0 Å². The van der Waals surface area contributed by atoms with Crippen molar-refractivity contribution in [1.29, 1.82) is 0 Å². The van der Waals surface area contributed by atoms with Crippen molar-refractivity contribution in [3.8, 4) is 0 Å². The molecule has 0 spiro atoms. The Morgan fingerprint density at radius 1 is 1.32 bits per heavy atom. The Balaban J connectivity index is 1.67. The van der Waals surface area contributed by atoms with Gasteiger partial charge in [0.15, 0.2) is 6.29 Å². The van der Waals surface area contributed by atoms with Crippen LogP contribution in [0.1, 0.15) is 39.0 Å². The van der Waals surface area contributed by atoms with Gasteiger partial charge in [-0.25, -0.2) is 0 Å². The summed E-state index contributed by atoms with van der Waals surface area (Å²) in [5.74, 6) is -0.0890. The highest BCUT2D eigenvalue weighted by molar-refractivity contribution is 5.76. The molecule has 0 saturated carbocycles. The second-order valence-corrected chi connectivity index (χ2v) is 5.11. The molecule has 0 N–H and O–H groups in total. The van der Waals surface area contributed by atoms with Gasteiger partial charge in [0.25, 0.3) is 0 Å². The molecule has 0 aromatic carbocycles. The van der Waals surface area contributed by atoms with Gasteiger partial charge in [0.05, 0.1) is 13.2 Å². The first-order valence-electron chi connectivity index (χ1n) is 7.45. The summed E-state index contributed by atoms with van der Waals surface area (Å²) < 4.78 is 16.3. The fourth-order valence-electron chi connectivity index (χ4n) is 2.74. The van der Waals surface area contributed by atoms with E-state index in [0.717, 1.165) is 45.4 Å². The Morgan fingerprint density at radius 2 is 2.21 bits per heavy atom. The van der Waals surface area contributed by atoms with Crippen LogP contribution in [-0.2, 0) is 19.0 Å². The lowest BCUT2D eigenvalue weighted by Crippen LogP contribution is -2.39. The second-order valence-electron chi connectivity index (χ2n) is 5.11. The zero-order valence-corrected chi connectivity index (χ0v) is 11.8. The number of carbonyl (C=O) groups is 1. The zero-order chi connectivity index (χ0) is 13.5. The van der Waals surface area contributed by atoms with Crippen molar-refractivity contribution in [1.82, 2.24) is 4.90 Å².